The average Bonchev–Trinajstić information content (AvgIpc) is 2.84. The number of hydrogen-bond acceptors (Lipinski definition) is 1. The largest absolute Gasteiger partial charge is 0.351 e. The highest BCUT2D eigenvalue weighted by Crippen LogP contribution is 2.23. The molecule has 0 aliphatic heterocycles. The van der Waals surface area contributed by atoms with E-state index in [9.17, 15) is 4.79 Å². The second-order valence-electron chi connectivity index (χ2n) is 4.35. The standard InChI is InChI=1S/C15H10BrClN2O/c16-11-3-1-2-4-13(11)19-15(20)14-8-9-7-10(17)5-6-12(9)18-14/h1-8,18H,(H,19,20). The lowest BCUT2D eigenvalue weighted by Gasteiger charge is -2.05. The summed E-state index contributed by atoms with van der Waals surface area (Å²) in [5, 5.41) is 4.41. The van der Waals surface area contributed by atoms with Gasteiger partial charge >= 0.3 is 0 Å². The van der Waals surface area contributed by atoms with E-state index >= 15 is 0 Å². The van der Waals surface area contributed by atoms with Gasteiger partial charge < -0.3 is 10.3 Å². The molecule has 0 unspecified atom stereocenters. The number of amides is 1. The number of carbonyl (C=O) groups is 1. The van der Waals surface area contributed by atoms with Gasteiger partial charge in [0.05, 0.1) is 5.69 Å². The van der Waals surface area contributed by atoms with Crippen LogP contribution in [-0.2, 0) is 0 Å². The number of anilines is 1. The van der Waals surface area contributed by atoms with E-state index < -0.39 is 0 Å². The van der Waals surface area contributed by atoms with Crippen LogP contribution in [0.3, 0.4) is 0 Å². The van der Waals surface area contributed by atoms with E-state index in [0.29, 0.717) is 10.7 Å². The number of carbonyl (C=O) groups excluding carboxylic acids is 1. The SMILES string of the molecule is O=C(Nc1ccccc1Br)c1cc2cc(Cl)ccc2[nH]1. The number of nitrogens with one attached hydrogen (secondary N) is 2. The number of aromatic amines is 1. The quantitative estimate of drug-likeness (QED) is 0.683. The molecule has 0 aliphatic carbocycles. The van der Waals surface area contributed by atoms with Crippen molar-refractivity contribution in [2.75, 3.05) is 5.32 Å². The Labute approximate surface area is 129 Å². The second kappa shape index (κ2) is 5.31. The van der Waals surface area contributed by atoms with Crippen molar-refractivity contribution in [2.45, 2.75) is 0 Å². The molecule has 1 aromatic heterocycles. The maximum atomic E-state index is 12.2. The van der Waals surface area contributed by atoms with Crippen LogP contribution in [0.15, 0.2) is 53.0 Å². The summed E-state index contributed by atoms with van der Waals surface area (Å²) >= 11 is 9.34. The minimum absolute atomic E-state index is 0.191. The van der Waals surface area contributed by atoms with Gasteiger partial charge in [0, 0.05) is 20.4 Å². The molecule has 3 nitrogen and oxygen atoms in total. The Hall–Kier alpha value is -1.78. The van der Waals surface area contributed by atoms with Crippen LogP contribution in [0.2, 0.25) is 5.02 Å². The van der Waals surface area contributed by atoms with Crippen molar-refractivity contribution in [1.82, 2.24) is 4.98 Å². The smallest absolute Gasteiger partial charge is 0.272 e. The van der Waals surface area contributed by atoms with Crippen molar-refractivity contribution < 1.29 is 4.79 Å². The fourth-order valence-corrected chi connectivity index (χ4v) is 2.54. The number of benzene rings is 2. The minimum atomic E-state index is -0.191. The highest BCUT2D eigenvalue weighted by Gasteiger charge is 2.11. The van der Waals surface area contributed by atoms with Crippen LogP contribution in [0.25, 0.3) is 10.9 Å². The number of rotatable bonds is 2. The fraction of sp³-hybridized carbons (Fsp3) is 0. The first-order chi connectivity index (χ1) is 9.63. The highest BCUT2D eigenvalue weighted by atomic mass is 79.9. The van der Waals surface area contributed by atoms with Gasteiger partial charge in [-0.1, -0.05) is 23.7 Å². The van der Waals surface area contributed by atoms with Crippen LogP contribution in [-0.4, -0.2) is 10.9 Å². The third-order valence-corrected chi connectivity index (χ3v) is 3.88. The van der Waals surface area contributed by atoms with Gasteiger partial charge in [0.2, 0.25) is 0 Å². The first kappa shape index (κ1) is 13.2. The van der Waals surface area contributed by atoms with Crippen molar-refractivity contribution in [2.24, 2.45) is 0 Å². The molecular weight excluding hydrogens is 340 g/mol. The summed E-state index contributed by atoms with van der Waals surface area (Å²) in [4.78, 5) is 15.3. The maximum absolute atomic E-state index is 12.2. The summed E-state index contributed by atoms with van der Waals surface area (Å²) in [5.74, 6) is -0.191. The van der Waals surface area contributed by atoms with Crippen molar-refractivity contribution in [3.63, 3.8) is 0 Å². The van der Waals surface area contributed by atoms with Crippen LogP contribution in [0.5, 0.6) is 0 Å². The number of halogens is 2. The molecule has 0 aliphatic rings. The van der Waals surface area contributed by atoms with Crippen LogP contribution < -0.4 is 5.32 Å². The summed E-state index contributed by atoms with van der Waals surface area (Å²) in [6, 6.07) is 14.7. The van der Waals surface area contributed by atoms with Crippen LogP contribution in [0, 0.1) is 0 Å². The topological polar surface area (TPSA) is 44.9 Å². The molecular formula is C15H10BrClN2O. The predicted octanol–water partition coefficient (Wildman–Crippen LogP) is 4.84. The lowest BCUT2D eigenvalue weighted by molar-refractivity contribution is 0.102. The molecule has 0 radical (unpaired) electrons. The predicted molar refractivity (Wildman–Crippen MR) is 85.4 cm³/mol. The molecule has 0 saturated heterocycles. The van der Waals surface area contributed by atoms with Gasteiger partial charge in [-0.05, 0) is 52.3 Å². The first-order valence-electron chi connectivity index (χ1n) is 5.97. The summed E-state index contributed by atoms with van der Waals surface area (Å²) in [7, 11) is 0. The fourth-order valence-electron chi connectivity index (χ4n) is 1.98. The molecule has 100 valence electrons. The normalized spacial score (nSPS) is 10.7. The Bertz CT molecular complexity index is 797. The Morgan fingerprint density at radius 3 is 2.75 bits per heavy atom. The van der Waals surface area contributed by atoms with E-state index in [0.717, 1.165) is 21.1 Å². The second-order valence-corrected chi connectivity index (χ2v) is 5.64. The number of hydrogen-bond donors (Lipinski definition) is 2. The number of aromatic nitrogens is 1. The molecule has 3 rings (SSSR count). The first-order valence-corrected chi connectivity index (χ1v) is 7.15. The van der Waals surface area contributed by atoms with Gasteiger partial charge in [0.25, 0.3) is 5.91 Å². The van der Waals surface area contributed by atoms with Gasteiger partial charge in [-0.2, -0.15) is 0 Å². The zero-order chi connectivity index (χ0) is 14.1. The lowest BCUT2D eigenvalue weighted by atomic mass is 10.2. The Morgan fingerprint density at radius 2 is 1.95 bits per heavy atom. The summed E-state index contributed by atoms with van der Waals surface area (Å²) in [5.41, 5.74) is 2.11. The number of fused-ring (bicyclic) bond motifs is 1. The zero-order valence-electron chi connectivity index (χ0n) is 10.3. The molecule has 2 N–H and O–H groups in total. The molecule has 2 aromatic carbocycles. The van der Waals surface area contributed by atoms with Crippen LogP contribution >= 0.6 is 27.5 Å². The van der Waals surface area contributed by atoms with E-state index in [4.69, 9.17) is 11.6 Å². The molecule has 1 amide bonds. The van der Waals surface area contributed by atoms with E-state index in [2.05, 4.69) is 26.2 Å². The van der Waals surface area contributed by atoms with E-state index in [1.54, 1.807) is 12.1 Å². The Balaban J connectivity index is 1.91. The van der Waals surface area contributed by atoms with Crippen LogP contribution in [0.4, 0.5) is 5.69 Å². The van der Waals surface area contributed by atoms with E-state index in [-0.39, 0.29) is 5.91 Å². The van der Waals surface area contributed by atoms with Crippen molar-refractivity contribution >= 4 is 50.0 Å². The van der Waals surface area contributed by atoms with Crippen molar-refractivity contribution in [3.05, 3.63) is 63.7 Å². The monoisotopic (exact) mass is 348 g/mol. The van der Waals surface area contributed by atoms with Gasteiger partial charge in [-0.3, -0.25) is 4.79 Å². The van der Waals surface area contributed by atoms with Gasteiger partial charge in [0.15, 0.2) is 0 Å². The molecule has 0 atom stereocenters. The van der Waals surface area contributed by atoms with Gasteiger partial charge in [-0.15, -0.1) is 0 Å². The Kier molecular flexibility index (Phi) is 3.51. The molecule has 0 bridgehead atoms. The van der Waals surface area contributed by atoms with Gasteiger partial charge in [0.1, 0.15) is 5.69 Å². The minimum Gasteiger partial charge on any atom is -0.351 e. The summed E-state index contributed by atoms with van der Waals surface area (Å²) in [6.07, 6.45) is 0. The molecule has 5 heteroatoms. The van der Waals surface area contributed by atoms with Crippen molar-refractivity contribution in [3.8, 4) is 0 Å². The molecule has 20 heavy (non-hydrogen) atoms. The highest BCUT2D eigenvalue weighted by molar-refractivity contribution is 9.10. The maximum Gasteiger partial charge on any atom is 0.272 e. The third kappa shape index (κ3) is 2.57. The molecule has 0 spiro atoms. The van der Waals surface area contributed by atoms with Crippen molar-refractivity contribution in [1.29, 1.82) is 0 Å². The van der Waals surface area contributed by atoms with E-state index in [1.807, 2.05) is 36.4 Å². The molecule has 1 heterocycles. The third-order valence-electron chi connectivity index (χ3n) is 2.95. The Morgan fingerprint density at radius 1 is 1.15 bits per heavy atom. The van der Waals surface area contributed by atoms with Crippen LogP contribution in [0.1, 0.15) is 10.5 Å². The summed E-state index contributed by atoms with van der Waals surface area (Å²) in [6.45, 7) is 0. The molecule has 0 fully saturated rings. The number of para-hydroxylation sites is 1. The average molecular weight is 350 g/mol. The molecule has 3 aromatic rings. The lowest BCUT2D eigenvalue weighted by Crippen LogP contribution is -2.12. The van der Waals surface area contributed by atoms with E-state index in [1.165, 1.54) is 0 Å². The molecule has 0 saturated carbocycles. The van der Waals surface area contributed by atoms with Gasteiger partial charge in [-0.25, -0.2) is 0 Å². The summed E-state index contributed by atoms with van der Waals surface area (Å²) < 4.78 is 0.840. The zero-order valence-corrected chi connectivity index (χ0v) is 12.6. The number of H-pyrrole nitrogens is 1.